The number of aliphatic hydroxyl groups is 1. The molecule has 3 rings (SSSR count). The fourth-order valence-electron chi connectivity index (χ4n) is 2.82. The molecule has 11 heteroatoms. The number of terminal acetylenes is 1. The van der Waals surface area contributed by atoms with Crippen molar-refractivity contribution in [3.8, 4) is 18.0 Å². The molecule has 1 unspecified atom stereocenters. The minimum Gasteiger partial charge on any atom is -0.366 e. The lowest BCUT2D eigenvalue weighted by molar-refractivity contribution is -0.240. The zero-order valence-corrected chi connectivity index (χ0v) is 15.4. The second-order valence-corrected chi connectivity index (χ2v) is 6.76. The highest BCUT2D eigenvalue weighted by Crippen LogP contribution is 2.44. The van der Waals surface area contributed by atoms with E-state index in [1.807, 2.05) is 0 Å². The maximum Gasteiger partial charge on any atom is 0.433 e. The number of alkyl halides is 6. The molecular weight excluding hydrogens is 445 g/mol. The van der Waals surface area contributed by atoms with Crippen LogP contribution in [0.15, 0.2) is 36.8 Å². The Bertz CT molecular complexity index is 1120. The number of halogens is 8. The van der Waals surface area contributed by atoms with Gasteiger partial charge in [0.15, 0.2) is 0 Å². The summed E-state index contributed by atoms with van der Waals surface area (Å²) in [5.74, 6) is 1.33. The van der Waals surface area contributed by atoms with E-state index in [4.69, 9.17) is 29.6 Å². The average molecular weight is 453 g/mol. The Kier molecular flexibility index (Phi) is 5.02. The number of nitrogens with zero attached hydrogens (tertiary/aromatic N) is 2. The molecule has 0 radical (unpaired) electrons. The molecule has 0 spiro atoms. The summed E-state index contributed by atoms with van der Waals surface area (Å²) in [7, 11) is 0. The standard InChI is InChI=1S/C18H8Cl2F6N2O/c1-2-16(29,18(24,25)26)11-8-28(14-7-27-4-3-10(11)14)15-12(19)5-9(6-13(15)20)17(21,22)23/h1,3-8,29H. The molecule has 0 saturated carbocycles. The van der Waals surface area contributed by atoms with Crippen molar-refractivity contribution in [1.82, 2.24) is 9.55 Å². The van der Waals surface area contributed by atoms with E-state index in [9.17, 15) is 31.4 Å². The molecular formula is C18H8Cl2F6N2O. The van der Waals surface area contributed by atoms with Gasteiger partial charge in [-0.15, -0.1) is 6.42 Å². The number of fused-ring (bicyclic) bond motifs is 1. The molecule has 1 atom stereocenters. The molecule has 152 valence electrons. The highest BCUT2D eigenvalue weighted by atomic mass is 35.5. The first-order valence-corrected chi connectivity index (χ1v) is 8.36. The van der Waals surface area contributed by atoms with Crippen LogP contribution in [-0.4, -0.2) is 20.8 Å². The first kappa shape index (κ1) is 21.3. The van der Waals surface area contributed by atoms with Gasteiger partial charge < -0.3 is 9.67 Å². The van der Waals surface area contributed by atoms with Gasteiger partial charge >= 0.3 is 12.4 Å². The second kappa shape index (κ2) is 6.83. The molecule has 1 N–H and O–H groups in total. The van der Waals surface area contributed by atoms with Gasteiger partial charge in [0.1, 0.15) is 0 Å². The summed E-state index contributed by atoms with van der Waals surface area (Å²) in [5, 5.41) is 9.07. The van der Waals surface area contributed by atoms with Crippen molar-refractivity contribution in [3.05, 3.63) is 58.0 Å². The van der Waals surface area contributed by atoms with Crippen molar-refractivity contribution in [3.63, 3.8) is 0 Å². The molecule has 2 heterocycles. The normalized spacial score (nSPS) is 14.6. The first-order chi connectivity index (χ1) is 13.3. The van der Waals surface area contributed by atoms with Crippen LogP contribution >= 0.6 is 23.2 Å². The molecule has 3 aromatic rings. The highest BCUT2D eigenvalue weighted by molar-refractivity contribution is 6.38. The zero-order valence-electron chi connectivity index (χ0n) is 13.9. The second-order valence-electron chi connectivity index (χ2n) is 5.94. The third kappa shape index (κ3) is 3.41. The third-order valence-corrected chi connectivity index (χ3v) is 4.78. The lowest BCUT2D eigenvalue weighted by Crippen LogP contribution is -2.40. The lowest BCUT2D eigenvalue weighted by Gasteiger charge is -2.24. The van der Waals surface area contributed by atoms with Gasteiger partial charge in [-0.05, 0) is 18.2 Å². The third-order valence-electron chi connectivity index (χ3n) is 4.20. The molecule has 0 aliphatic carbocycles. The molecule has 0 fully saturated rings. The van der Waals surface area contributed by atoms with E-state index < -0.39 is 39.1 Å². The fourth-order valence-corrected chi connectivity index (χ4v) is 3.49. The summed E-state index contributed by atoms with van der Waals surface area (Å²) in [6.45, 7) is 0. The number of hydrogen-bond acceptors (Lipinski definition) is 2. The molecule has 0 aliphatic rings. The SMILES string of the molecule is C#CC(O)(c1cn(-c2c(Cl)cc(C(F)(F)F)cc2Cl)c2cnccc12)C(F)(F)F. The van der Waals surface area contributed by atoms with Crippen molar-refractivity contribution in [1.29, 1.82) is 0 Å². The summed E-state index contributed by atoms with van der Waals surface area (Å²) >= 11 is 11.9. The topological polar surface area (TPSA) is 38.0 Å². The van der Waals surface area contributed by atoms with Gasteiger partial charge in [-0.25, -0.2) is 0 Å². The van der Waals surface area contributed by atoms with E-state index in [0.717, 1.165) is 17.0 Å². The van der Waals surface area contributed by atoms with Crippen LogP contribution in [0.3, 0.4) is 0 Å². The number of rotatable bonds is 2. The molecule has 29 heavy (non-hydrogen) atoms. The van der Waals surface area contributed by atoms with Crippen LogP contribution in [0.4, 0.5) is 26.3 Å². The minimum atomic E-state index is -5.24. The van der Waals surface area contributed by atoms with Gasteiger partial charge in [0, 0.05) is 23.3 Å². The van der Waals surface area contributed by atoms with Crippen LogP contribution in [0.25, 0.3) is 16.6 Å². The Morgan fingerprint density at radius 1 is 1.07 bits per heavy atom. The average Bonchev–Trinajstić information content (AvgIpc) is 2.98. The van der Waals surface area contributed by atoms with E-state index in [1.54, 1.807) is 0 Å². The summed E-state index contributed by atoms with van der Waals surface area (Å²) in [6.07, 6.45) is -1.89. The predicted molar refractivity (Wildman–Crippen MR) is 94.9 cm³/mol. The Morgan fingerprint density at radius 2 is 1.66 bits per heavy atom. The van der Waals surface area contributed by atoms with Gasteiger partial charge in [-0.2, -0.15) is 26.3 Å². The maximum atomic E-state index is 13.5. The van der Waals surface area contributed by atoms with Crippen molar-refractivity contribution >= 4 is 34.1 Å². The Labute approximate surface area is 169 Å². The van der Waals surface area contributed by atoms with Crippen LogP contribution in [-0.2, 0) is 11.8 Å². The van der Waals surface area contributed by atoms with Crippen LogP contribution in [0, 0.1) is 12.3 Å². The summed E-state index contributed by atoms with van der Waals surface area (Å²) in [4.78, 5) is 3.80. The number of hydrogen-bond donors (Lipinski definition) is 1. The van der Waals surface area contributed by atoms with Crippen molar-refractivity contribution in [2.75, 3.05) is 0 Å². The maximum absolute atomic E-state index is 13.5. The largest absolute Gasteiger partial charge is 0.433 e. The zero-order chi connectivity index (χ0) is 21.8. The minimum absolute atomic E-state index is 0.0102. The van der Waals surface area contributed by atoms with E-state index in [0.29, 0.717) is 12.1 Å². The van der Waals surface area contributed by atoms with Gasteiger partial charge in [0.2, 0.25) is 5.60 Å². The van der Waals surface area contributed by atoms with Gasteiger partial charge in [-0.1, -0.05) is 29.1 Å². The molecule has 2 aromatic heterocycles. The molecule has 0 aliphatic heterocycles. The lowest BCUT2D eigenvalue weighted by atomic mass is 9.94. The number of pyridine rings is 1. The first-order valence-electron chi connectivity index (χ1n) is 7.60. The molecule has 0 amide bonds. The van der Waals surface area contributed by atoms with Crippen LogP contribution in [0.1, 0.15) is 11.1 Å². The summed E-state index contributed by atoms with van der Waals surface area (Å²) < 4.78 is 80.3. The van der Waals surface area contributed by atoms with Crippen LogP contribution in [0.2, 0.25) is 10.0 Å². The van der Waals surface area contributed by atoms with Gasteiger partial charge in [-0.3, -0.25) is 4.98 Å². The monoisotopic (exact) mass is 452 g/mol. The van der Waals surface area contributed by atoms with E-state index in [-0.39, 0.29) is 16.6 Å². The van der Waals surface area contributed by atoms with Crippen LogP contribution < -0.4 is 0 Å². The van der Waals surface area contributed by atoms with Crippen molar-refractivity contribution < 1.29 is 31.4 Å². The summed E-state index contributed by atoms with van der Waals surface area (Å²) in [5.41, 5.74) is -5.77. The van der Waals surface area contributed by atoms with Crippen molar-refractivity contribution in [2.24, 2.45) is 0 Å². The van der Waals surface area contributed by atoms with Gasteiger partial charge in [0.25, 0.3) is 0 Å². The van der Waals surface area contributed by atoms with Gasteiger partial charge in [0.05, 0.1) is 33.0 Å². The summed E-state index contributed by atoms with van der Waals surface area (Å²) in [6, 6.07) is 2.34. The smallest absolute Gasteiger partial charge is 0.366 e. The van der Waals surface area contributed by atoms with E-state index >= 15 is 0 Å². The number of aromatic nitrogens is 2. The Balaban J connectivity index is 2.36. The highest BCUT2D eigenvalue weighted by Gasteiger charge is 2.55. The van der Waals surface area contributed by atoms with Crippen molar-refractivity contribution in [2.45, 2.75) is 18.0 Å². The predicted octanol–water partition coefficient (Wildman–Crippen LogP) is 5.73. The molecule has 0 saturated heterocycles. The Hall–Kier alpha value is -2.41. The van der Waals surface area contributed by atoms with E-state index in [1.165, 1.54) is 18.2 Å². The van der Waals surface area contributed by atoms with E-state index in [2.05, 4.69) is 4.98 Å². The quantitative estimate of drug-likeness (QED) is 0.398. The fraction of sp³-hybridized carbons (Fsp3) is 0.167. The molecule has 1 aromatic carbocycles. The Morgan fingerprint density at radius 3 is 2.14 bits per heavy atom. The number of benzene rings is 1. The molecule has 3 nitrogen and oxygen atoms in total. The molecule has 0 bridgehead atoms. The van der Waals surface area contributed by atoms with Crippen LogP contribution in [0.5, 0.6) is 0 Å².